The Morgan fingerprint density at radius 1 is 1.68 bits per heavy atom. The minimum atomic E-state index is -0.122. The molecular weight excluding hydrogens is 246 g/mol. The molecule has 2 atom stereocenters. The summed E-state index contributed by atoms with van der Waals surface area (Å²) in [5.74, 6) is 0.747. The second kappa shape index (κ2) is 6.06. The molecule has 0 saturated carbocycles. The number of nitrogens with zero attached hydrogens (tertiary/aromatic N) is 2. The Bertz CT molecular complexity index is 427. The second-order valence-corrected chi connectivity index (χ2v) is 5.07. The van der Waals surface area contributed by atoms with Crippen molar-refractivity contribution in [2.24, 2.45) is 0 Å². The smallest absolute Gasteiger partial charge is 0.317 e. The minimum absolute atomic E-state index is 0.0245. The minimum Gasteiger partial charge on any atom is -0.376 e. The maximum Gasteiger partial charge on any atom is 0.317 e. The normalized spacial score (nSPS) is 20.3. The first kappa shape index (κ1) is 13.9. The summed E-state index contributed by atoms with van der Waals surface area (Å²) >= 11 is 0. The Morgan fingerprint density at radius 3 is 3.05 bits per heavy atom. The molecule has 6 nitrogen and oxygen atoms in total. The van der Waals surface area contributed by atoms with Gasteiger partial charge in [-0.05, 0) is 26.7 Å². The van der Waals surface area contributed by atoms with Crippen molar-refractivity contribution in [1.29, 1.82) is 0 Å². The number of amides is 2. The molecule has 1 fully saturated rings. The molecule has 19 heavy (non-hydrogen) atoms. The van der Waals surface area contributed by atoms with Gasteiger partial charge in [0.15, 0.2) is 0 Å². The monoisotopic (exact) mass is 267 g/mol. The molecular formula is C13H21N3O3. The van der Waals surface area contributed by atoms with E-state index in [2.05, 4.69) is 10.5 Å². The largest absolute Gasteiger partial charge is 0.376 e. The van der Waals surface area contributed by atoms with Crippen LogP contribution in [0.4, 0.5) is 4.79 Å². The van der Waals surface area contributed by atoms with Crippen LogP contribution in [0.2, 0.25) is 0 Å². The van der Waals surface area contributed by atoms with Crippen molar-refractivity contribution in [1.82, 2.24) is 15.4 Å². The Hall–Kier alpha value is -1.56. The molecule has 2 heterocycles. The summed E-state index contributed by atoms with van der Waals surface area (Å²) in [5.41, 5.74) is 0.750. The molecule has 106 valence electrons. The van der Waals surface area contributed by atoms with Gasteiger partial charge in [-0.2, -0.15) is 0 Å². The predicted octanol–water partition coefficient (Wildman–Crippen LogP) is 1.69. The van der Waals surface area contributed by atoms with Crippen LogP contribution in [0.25, 0.3) is 0 Å². The van der Waals surface area contributed by atoms with Crippen molar-refractivity contribution in [2.45, 2.75) is 45.4 Å². The van der Waals surface area contributed by atoms with Crippen LogP contribution in [0.15, 0.2) is 10.6 Å². The highest BCUT2D eigenvalue weighted by molar-refractivity contribution is 5.74. The van der Waals surface area contributed by atoms with Gasteiger partial charge < -0.3 is 19.5 Å². The van der Waals surface area contributed by atoms with Crippen LogP contribution in [0.5, 0.6) is 0 Å². The quantitative estimate of drug-likeness (QED) is 0.901. The number of urea groups is 1. The molecule has 0 unspecified atom stereocenters. The number of rotatable bonds is 4. The van der Waals surface area contributed by atoms with E-state index in [1.165, 1.54) is 0 Å². The zero-order valence-electron chi connectivity index (χ0n) is 11.7. The van der Waals surface area contributed by atoms with Gasteiger partial charge in [-0.3, -0.25) is 0 Å². The third-order valence-electron chi connectivity index (χ3n) is 3.30. The number of carbonyl (C=O) groups is 1. The molecule has 0 aliphatic carbocycles. The number of ether oxygens (including phenoxy) is 1. The van der Waals surface area contributed by atoms with E-state index in [9.17, 15) is 4.79 Å². The van der Waals surface area contributed by atoms with Crippen molar-refractivity contribution in [3.05, 3.63) is 17.5 Å². The third-order valence-corrected chi connectivity index (χ3v) is 3.30. The highest BCUT2D eigenvalue weighted by Gasteiger charge is 2.24. The number of aromatic nitrogens is 1. The van der Waals surface area contributed by atoms with Gasteiger partial charge in [-0.1, -0.05) is 5.16 Å². The van der Waals surface area contributed by atoms with Gasteiger partial charge in [0.25, 0.3) is 0 Å². The molecule has 0 aromatic carbocycles. The first-order chi connectivity index (χ1) is 9.06. The maximum absolute atomic E-state index is 12.0. The van der Waals surface area contributed by atoms with Gasteiger partial charge in [-0.25, -0.2) is 4.79 Å². The van der Waals surface area contributed by atoms with Crippen LogP contribution in [0.1, 0.15) is 31.2 Å². The molecule has 0 radical (unpaired) electrons. The van der Waals surface area contributed by atoms with E-state index in [1.54, 1.807) is 11.9 Å². The lowest BCUT2D eigenvalue weighted by atomic mass is 10.1. The molecule has 2 amide bonds. The zero-order valence-corrected chi connectivity index (χ0v) is 11.7. The predicted molar refractivity (Wildman–Crippen MR) is 69.7 cm³/mol. The fourth-order valence-corrected chi connectivity index (χ4v) is 2.20. The van der Waals surface area contributed by atoms with Crippen molar-refractivity contribution in [3.8, 4) is 0 Å². The van der Waals surface area contributed by atoms with Crippen molar-refractivity contribution in [2.75, 3.05) is 13.7 Å². The first-order valence-corrected chi connectivity index (χ1v) is 6.61. The summed E-state index contributed by atoms with van der Waals surface area (Å²) in [4.78, 5) is 13.6. The average molecular weight is 267 g/mol. The lowest BCUT2D eigenvalue weighted by Crippen LogP contribution is -2.46. The number of hydrogen-bond acceptors (Lipinski definition) is 4. The van der Waals surface area contributed by atoms with E-state index in [0.29, 0.717) is 6.54 Å². The van der Waals surface area contributed by atoms with Crippen molar-refractivity contribution < 1.29 is 14.1 Å². The van der Waals surface area contributed by atoms with E-state index in [4.69, 9.17) is 9.26 Å². The summed E-state index contributed by atoms with van der Waals surface area (Å²) < 4.78 is 10.5. The molecule has 1 aromatic rings. The highest BCUT2D eigenvalue weighted by atomic mass is 16.5. The van der Waals surface area contributed by atoms with Gasteiger partial charge in [-0.15, -0.1) is 0 Å². The van der Waals surface area contributed by atoms with Crippen LogP contribution >= 0.6 is 0 Å². The molecule has 6 heteroatoms. The Labute approximate surface area is 113 Å². The van der Waals surface area contributed by atoms with Crippen molar-refractivity contribution in [3.63, 3.8) is 0 Å². The third kappa shape index (κ3) is 3.70. The van der Waals surface area contributed by atoms with Gasteiger partial charge in [0.05, 0.1) is 18.7 Å². The maximum atomic E-state index is 12.0. The van der Waals surface area contributed by atoms with E-state index >= 15 is 0 Å². The molecule has 1 saturated heterocycles. The van der Waals surface area contributed by atoms with Gasteiger partial charge in [0.2, 0.25) is 0 Å². The van der Waals surface area contributed by atoms with Gasteiger partial charge in [0.1, 0.15) is 11.5 Å². The number of aryl methyl sites for hydroxylation is 1. The van der Waals surface area contributed by atoms with E-state index in [1.807, 2.05) is 19.9 Å². The van der Waals surface area contributed by atoms with E-state index < -0.39 is 0 Å². The van der Waals surface area contributed by atoms with Gasteiger partial charge >= 0.3 is 6.03 Å². The fourth-order valence-electron chi connectivity index (χ4n) is 2.20. The van der Waals surface area contributed by atoms with Gasteiger partial charge in [0, 0.05) is 19.7 Å². The van der Waals surface area contributed by atoms with Crippen molar-refractivity contribution >= 4 is 6.03 Å². The summed E-state index contributed by atoms with van der Waals surface area (Å²) in [7, 11) is 1.74. The van der Waals surface area contributed by atoms with Crippen LogP contribution in [-0.4, -0.2) is 41.9 Å². The number of hydrogen-bond donors (Lipinski definition) is 1. The Kier molecular flexibility index (Phi) is 4.42. The summed E-state index contributed by atoms with van der Waals surface area (Å²) in [6, 6.07) is 1.73. The Balaban J connectivity index is 1.81. The summed E-state index contributed by atoms with van der Waals surface area (Å²) in [6.07, 6.45) is 2.21. The molecule has 0 bridgehead atoms. The highest BCUT2D eigenvalue weighted by Crippen LogP contribution is 2.15. The SMILES string of the molecule is Cc1cc(CN(C)C(=O)N[C@@H](C)[C@H]2CCCO2)no1. The molecule has 1 N–H and O–H groups in total. The number of nitrogens with one attached hydrogen (secondary N) is 1. The number of carbonyl (C=O) groups excluding carboxylic acids is 1. The molecule has 1 aliphatic rings. The zero-order chi connectivity index (χ0) is 13.8. The standard InChI is InChI=1S/C13H21N3O3/c1-9-7-11(15-19-9)8-16(3)13(17)14-10(2)12-5-4-6-18-12/h7,10,12H,4-6,8H2,1-3H3,(H,14,17)/t10-,12+/m0/s1. The topological polar surface area (TPSA) is 67.6 Å². The Morgan fingerprint density at radius 2 is 2.47 bits per heavy atom. The van der Waals surface area contributed by atoms with E-state index in [0.717, 1.165) is 30.9 Å². The van der Waals surface area contributed by atoms with Crippen LogP contribution in [0, 0.1) is 6.92 Å². The lowest BCUT2D eigenvalue weighted by Gasteiger charge is -2.23. The lowest BCUT2D eigenvalue weighted by molar-refractivity contribution is 0.0837. The average Bonchev–Trinajstić information content (AvgIpc) is 3.00. The molecule has 1 aromatic heterocycles. The van der Waals surface area contributed by atoms with Crippen LogP contribution in [-0.2, 0) is 11.3 Å². The van der Waals surface area contributed by atoms with E-state index in [-0.39, 0.29) is 18.2 Å². The van der Waals surface area contributed by atoms with Crippen LogP contribution in [0.3, 0.4) is 0 Å². The molecule has 0 spiro atoms. The summed E-state index contributed by atoms with van der Waals surface area (Å²) in [6.45, 7) is 5.03. The summed E-state index contributed by atoms with van der Waals surface area (Å²) in [5, 5.41) is 6.83. The van der Waals surface area contributed by atoms with Crippen LogP contribution < -0.4 is 5.32 Å². The molecule has 1 aliphatic heterocycles. The fraction of sp³-hybridized carbons (Fsp3) is 0.692. The first-order valence-electron chi connectivity index (χ1n) is 6.61. The molecule has 2 rings (SSSR count). The second-order valence-electron chi connectivity index (χ2n) is 5.07.